The Labute approximate surface area is 107 Å². The quantitative estimate of drug-likeness (QED) is 0.769. The molecular weight excluding hydrogens is 292 g/mol. The minimum Gasteiger partial charge on any atom is -0.338 e. The van der Waals surface area contributed by atoms with Crippen LogP contribution >= 0.6 is 15.9 Å². The van der Waals surface area contributed by atoms with Gasteiger partial charge in [-0.2, -0.15) is 0 Å². The minimum absolute atomic E-state index is 0.180. The summed E-state index contributed by atoms with van der Waals surface area (Å²) in [5.41, 5.74) is -0.180. The first kappa shape index (κ1) is 12.5. The molecule has 1 saturated heterocycles. The number of alkyl halides is 1. The third-order valence-corrected chi connectivity index (χ3v) is 3.87. The standard InChI is InChI=1S/C12H12BrF2NO/c13-6-8-3-4-16(7-8)12(17)10-5-9(14)1-2-11(10)15/h1-2,5,8H,3-4,6-7H2. The average molecular weight is 304 g/mol. The summed E-state index contributed by atoms with van der Waals surface area (Å²) >= 11 is 3.36. The van der Waals surface area contributed by atoms with Crippen LogP contribution in [0, 0.1) is 17.6 Å². The van der Waals surface area contributed by atoms with Crippen LogP contribution in [0.15, 0.2) is 18.2 Å². The van der Waals surface area contributed by atoms with Gasteiger partial charge in [0.25, 0.3) is 5.91 Å². The fourth-order valence-electron chi connectivity index (χ4n) is 1.97. The fraction of sp³-hybridized carbons (Fsp3) is 0.417. The summed E-state index contributed by atoms with van der Waals surface area (Å²) < 4.78 is 26.4. The van der Waals surface area contributed by atoms with E-state index in [1.807, 2.05) is 0 Å². The SMILES string of the molecule is O=C(c1cc(F)ccc1F)N1CCC(CBr)C1. The first-order valence-electron chi connectivity index (χ1n) is 5.42. The van der Waals surface area contributed by atoms with Crippen molar-refractivity contribution in [3.05, 3.63) is 35.4 Å². The first-order chi connectivity index (χ1) is 8.11. The zero-order valence-corrected chi connectivity index (χ0v) is 10.7. The lowest BCUT2D eigenvalue weighted by Crippen LogP contribution is -2.29. The number of likely N-dealkylation sites (tertiary alicyclic amines) is 1. The first-order valence-corrected chi connectivity index (χ1v) is 6.54. The molecule has 1 aromatic rings. The Kier molecular flexibility index (Phi) is 3.76. The number of halogens is 3. The van der Waals surface area contributed by atoms with Crippen LogP contribution in [0.2, 0.25) is 0 Å². The maximum Gasteiger partial charge on any atom is 0.256 e. The van der Waals surface area contributed by atoms with Gasteiger partial charge in [-0.05, 0) is 30.5 Å². The van der Waals surface area contributed by atoms with Crippen LogP contribution in [-0.4, -0.2) is 29.2 Å². The van der Waals surface area contributed by atoms with Gasteiger partial charge in [0.15, 0.2) is 0 Å². The normalized spacial score (nSPS) is 19.7. The van der Waals surface area contributed by atoms with Gasteiger partial charge in [0.2, 0.25) is 0 Å². The van der Waals surface area contributed by atoms with E-state index in [0.29, 0.717) is 19.0 Å². The maximum atomic E-state index is 13.4. The smallest absolute Gasteiger partial charge is 0.256 e. The highest BCUT2D eigenvalue weighted by Gasteiger charge is 2.27. The van der Waals surface area contributed by atoms with Crippen LogP contribution in [-0.2, 0) is 0 Å². The molecular formula is C12H12BrF2NO. The molecule has 17 heavy (non-hydrogen) atoms. The predicted octanol–water partition coefficient (Wildman–Crippen LogP) is 2.82. The van der Waals surface area contributed by atoms with Crippen molar-refractivity contribution < 1.29 is 13.6 Å². The fourth-order valence-corrected chi connectivity index (χ4v) is 2.50. The minimum atomic E-state index is -0.668. The van der Waals surface area contributed by atoms with E-state index in [1.165, 1.54) is 0 Å². The molecule has 1 aromatic carbocycles. The topological polar surface area (TPSA) is 20.3 Å². The van der Waals surface area contributed by atoms with Crippen molar-refractivity contribution in [1.29, 1.82) is 0 Å². The molecule has 0 spiro atoms. The molecule has 1 heterocycles. The molecule has 1 amide bonds. The highest BCUT2D eigenvalue weighted by molar-refractivity contribution is 9.09. The molecule has 2 nitrogen and oxygen atoms in total. The number of nitrogens with zero attached hydrogens (tertiary/aromatic N) is 1. The van der Waals surface area contributed by atoms with Gasteiger partial charge in [0.1, 0.15) is 11.6 Å². The number of carbonyl (C=O) groups excluding carboxylic acids is 1. The summed E-state index contributed by atoms with van der Waals surface area (Å²) in [7, 11) is 0. The van der Waals surface area contributed by atoms with Crippen molar-refractivity contribution >= 4 is 21.8 Å². The second kappa shape index (κ2) is 5.12. The number of amides is 1. The molecule has 0 radical (unpaired) electrons. The molecule has 1 aliphatic heterocycles. The summed E-state index contributed by atoms with van der Waals surface area (Å²) in [6.07, 6.45) is 0.897. The van der Waals surface area contributed by atoms with Crippen LogP contribution in [0.4, 0.5) is 8.78 Å². The molecule has 5 heteroatoms. The molecule has 0 aliphatic carbocycles. The number of benzene rings is 1. The van der Waals surface area contributed by atoms with Gasteiger partial charge < -0.3 is 4.90 Å². The van der Waals surface area contributed by atoms with Gasteiger partial charge in [-0.3, -0.25) is 4.79 Å². The van der Waals surface area contributed by atoms with E-state index in [2.05, 4.69) is 15.9 Å². The van der Waals surface area contributed by atoms with E-state index in [1.54, 1.807) is 4.90 Å². The van der Waals surface area contributed by atoms with Crippen molar-refractivity contribution in [3.8, 4) is 0 Å². The van der Waals surface area contributed by atoms with Crippen LogP contribution in [0.3, 0.4) is 0 Å². The molecule has 1 fully saturated rings. The number of hydrogen-bond donors (Lipinski definition) is 0. The van der Waals surface area contributed by atoms with Crippen molar-refractivity contribution in [1.82, 2.24) is 4.90 Å². The lowest BCUT2D eigenvalue weighted by Gasteiger charge is -2.16. The van der Waals surface area contributed by atoms with Gasteiger partial charge in [-0.1, -0.05) is 15.9 Å². The Morgan fingerprint density at radius 3 is 2.88 bits per heavy atom. The van der Waals surface area contributed by atoms with Crippen molar-refractivity contribution in [3.63, 3.8) is 0 Å². The van der Waals surface area contributed by atoms with Crippen LogP contribution < -0.4 is 0 Å². The van der Waals surface area contributed by atoms with E-state index in [0.717, 1.165) is 30.0 Å². The number of hydrogen-bond acceptors (Lipinski definition) is 1. The summed E-state index contributed by atoms with van der Waals surface area (Å²) in [5.74, 6) is -1.29. The van der Waals surface area contributed by atoms with Crippen molar-refractivity contribution in [2.24, 2.45) is 5.92 Å². The molecule has 1 atom stereocenters. The molecule has 0 aromatic heterocycles. The zero-order chi connectivity index (χ0) is 12.4. The monoisotopic (exact) mass is 303 g/mol. The molecule has 0 bridgehead atoms. The predicted molar refractivity (Wildman–Crippen MR) is 64.2 cm³/mol. The van der Waals surface area contributed by atoms with Crippen molar-refractivity contribution in [2.75, 3.05) is 18.4 Å². The van der Waals surface area contributed by atoms with Crippen LogP contribution in [0.5, 0.6) is 0 Å². The Balaban J connectivity index is 2.17. The summed E-state index contributed by atoms with van der Waals surface area (Å²) in [6, 6.07) is 2.96. The van der Waals surface area contributed by atoms with E-state index < -0.39 is 17.5 Å². The van der Waals surface area contributed by atoms with Crippen LogP contribution in [0.1, 0.15) is 16.8 Å². The molecule has 0 N–H and O–H groups in total. The van der Waals surface area contributed by atoms with E-state index in [4.69, 9.17) is 0 Å². The number of carbonyl (C=O) groups is 1. The van der Waals surface area contributed by atoms with Gasteiger partial charge >= 0.3 is 0 Å². The van der Waals surface area contributed by atoms with E-state index in [9.17, 15) is 13.6 Å². The maximum absolute atomic E-state index is 13.4. The second-order valence-corrected chi connectivity index (χ2v) is 4.83. The summed E-state index contributed by atoms with van der Waals surface area (Å²) in [5, 5.41) is 0.822. The molecule has 1 unspecified atom stereocenters. The lowest BCUT2D eigenvalue weighted by atomic mass is 10.1. The van der Waals surface area contributed by atoms with Crippen LogP contribution in [0.25, 0.3) is 0 Å². The summed E-state index contributed by atoms with van der Waals surface area (Å²) in [6.45, 7) is 1.20. The van der Waals surface area contributed by atoms with Gasteiger partial charge in [-0.15, -0.1) is 0 Å². The third kappa shape index (κ3) is 2.65. The Morgan fingerprint density at radius 1 is 1.47 bits per heavy atom. The Morgan fingerprint density at radius 2 is 2.24 bits per heavy atom. The Bertz CT molecular complexity index is 439. The highest BCUT2D eigenvalue weighted by atomic mass is 79.9. The van der Waals surface area contributed by atoms with Gasteiger partial charge in [-0.25, -0.2) is 8.78 Å². The zero-order valence-electron chi connectivity index (χ0n) is 9.13. The second-order valence-electron chi connectivity index (χ2n) is 4.18. The van der Waals surface area contributed by atoms with Gasteiger partial charge in [0.05, 0.1) is 5.56 Å². The highest BCUT2D eigenvalue weighted by Crippen LogP contribution is 2.21. The molecule has 0 saturated carbocycles. The van der Waals surface area contributed by atoms with Crippen molar-refractivity contribution in [2.45, 2.75) is 6.42 Å². The van der Waals surface area contributed by atoms with E-state index in [-0.39, 0.29) is 5.56 Å². The molecule has 1 aliphatic rings. The molecule has 92 valence electrons. The third-order valence-electron chi connectivity index (χ3n) is 2.95. The average Bonchev–Trinajstić information content (AvgIpc) is 2.80. The Hall–Kier alpha value is -0.970. The largest absolute Gasteiger partial charge is 0.338 e. The summed E-state index contributed by atoms with van der Waals surface area (Å²) in [4.78, 5) is 13.6. The number of rotatable bonds is 2. The lowest BCUT2D eigenvalue weighted by molar-refractivity contribution is 0.0783. The van der Waals surface area contributed by atoms with Gasteiger partial charge in [0, 0.05) is 18.4 Å². The molecule has 2 rings (SSSR count). The van der Waals surface area contributed by atoms with E-state index >= 15 is 0 Å².